The summed E-state index contributed by atoms with van der Waals surface area (Å²) < 4.78 is 6.18. The molecule has 6 heteroatoms. The van der Waals surface area contributed by atoms with Gasteiger partial charge in [-0.3, -0.25) is 4.79 Å². The Hall–Kier alpha value is -2.21. The molecule has 0 unspecified atom stereocenters. The molecule has 0 spiro atoms. The first-order valence-corrected chi connectivity index (χ1v) is 8.50. The normalized spacial score (nSPS) is 11.2. The lowest BCUT2D eigenvalue weighted by Gasteiger charge is -2.11. The topological polar surface area (TPSA) is 68.0 Å². The van der Waals surface area contributed by atoms with E-state index in [2.05, 4.69) is 31.4 Å². The number of pyridine rings is 1. The summed E-state index contributed by atoms with van der Waals surface area (Å²) in [6.07, 6.45) is 0. The van der Waals surface area contributed by atoms with Gasteiger partial charge in [0, 0.05) is 15.9 Å². The van der Waals surface area contributed by atoms with Crippen LogP contribution in [0.25, 0.3) is 11.1 Å². The minimum Gasteiger partial charge on any atom is -0.336 e. The van der Waals surface area contributed by atoms with E-state index in [4.69, 9.17) is 4.52 Å². The molecule has 0 radical (unpaired) electrons. The Labute approximate surface area is 148 Å². The number of carbonyl (C=O) groups is 1. The molecule has 0 bridgehead atoms. The number of halogens is 1. The minimum absolute atomic E-state index is 0.180. The van der Waals surface area contributed by atoms with Gasteiger partial charge in [0.1, 0.15) is 0 Å². The molecule has 1 amide bonds. The van der Waals surface area contributed by atoms with Gasteiger partial charge in [0.05, 0.1) is 16.6 Å². The van der Waals surface area contributed by atoms with Crippen molar-refractivity contribution in [3.63, 3.8) is 0 Å². The summed E-state index contributed by atoms with van der Waals surface area (Å²) in [6.45, 7) is 7.81. The van der Waals surface area contributed by atoms with Gasteiger partial charge >= 0.3 is 0 Å². The zero-order valence-electron chi connectivity index (χ0n) is 14.0. The van der Waals surface area contributed by atoms with Crippen molar-refractivity contribution >= 4 is 38.6 Å². The van der Waals surface area contributed by atoms with Gasteiger partial charge < -0.3 is 9.84 Å². The molecule has 0 aliphatic rings. The molecule has 124 valence electrons. The molecule has 1 N–H and O–H groups in total. The molecule has 0 aliphatic heterocycles. The maximum absolute atomic E-state index is 12.9. The van der Waals surface area contributed by atoms with E-state index in [1.165, 1.54) is 0 Å². The molecule has 0 aliphatic carbocycles. The lowest BCUT2D eigenvalue weighted by molar-refractivity contribution is 0.102. The van der Waals surface area contributed by atoms with Gasteiger partial charge in [-0.25, -0.2) is 4.98 Å². The molecule has 3 aromatic rings. The Balaban J connectivity index is 2.08. The van der Waals surface area contributed by atoms with Crippen molar-refractivity contribution in [2.24, 2.45) is 0 Å². The third-order valence-corrected chi connectivity index (χ3v) is 4.41. The first kappa shape index (κ1) is 16.6. The van der Waals surface area contributed by atoms with Gasteiger partial charge in [-0.05, 0) is 43.5 Å². The van der Waals surface area contributed by atoms with E-state index in [-0.39, 0.29) is 11.8 Å². The van der Waals surface area contributed by atoms with E-state index >= 15 is 0 Å². The summed E-state index contributed by atoms with van der Waals surface area (Å²) in [4.78, 5) is 17.4. The smallest absolute Gasteiger partial charge is 0.259 e. The molecule has 3 rings (SSSR count). The van der Waals surface area contributed by atoms with Crippen LogP contribution in [-0.2, 0) is 0 Å². The molecule has 0 saturated heterocycles. The Bertz CT molecular complexity index is 931. The van der Waals surface area contributed by atoms with Gasteiger partial charge in [-0.15, -0.1) is 0 Å². The highest BCUT2D eigenvalue weighted by atomic mass is 79.9. The molecule has 5 nitrogen and oxygen atoms in total. The fraction of sp³-hybridized carbons (Fsp3) is 0.278. The Morgan fingerprint density at radius 3 is 2.71 bits per heavy atom. The minimum atomic E-state index is -0.197. The first-order valence-electron chi connectivity index (χ1n) is 7.71. The summed E-state index contributed by atoms with van der Waals surface area (Å²) in [7, 11) is 0. The van der Waals surface area contributed by atoms with Crippen LogP contribution in [0.1, 0.15) is 47.1 Å². The number of nitrogens with zero attached hydrogens (tertiary/aromatic N) is 2. The van der Waals surface area contributed by atoms with Crippen LogP contribution in [0.15, 0.2) is 33.3 Å². The fourth-order valence-electron chi connectivity index (χ4n) is 2.51. The van der Waals surface area contributed by atoms with Crippen molar-refractivity contribution in [1.82, 2.24) is 10.1 Å². The molecular weight excluding hydrogens is 370 g/mol. The number of hydrogen-bond donors (Lipinski definition) is 1. The van der Waals surface area contributed by atoms with Crippen LogP contribution in [0.4, 0.5) is 5.69 Å². The summed E-state index contributed by atoms with van der Waals surface area (Å²) in [6, 6.07) is 7.60. The van der Waals surface area contributed by atoms with E-state index < -0.39 is 0 Å². The monoisotopic (exact) mass is 387 g/mol. The second-order valence-electron chi connectivity index (χ2n) is 6.11. The predicted molar refractivity (Wildman–Crippen MR) is 97.5 cm³/mol. The maximum Gasteiger partial charge on any atom is 0.259 e. The molecule has 24 heavy (non-hydrogen) atoms. The highest BCUT2D eigenvalue weighted by molar-refractivity contribution is 9.10. The van der Waals surface area contributed by atoms with Crippen LogP contribution in [0.5, 0.6) is 0 Å². The van der Waals surface area contributed by atoms with E-state index in [0.717, 1.165) is 21.4 Å². The average molecular weight is 388 g/mol. The Kier molecular flexibility index (Phi) is 4.41. The SMILES string of the molecule is Cc1ccc(Br)cc1NC(=O)c1cc(C(C)C)nc2onc(C)c12. The number of nitrogens with one attached hydrogen (secondary N) is 1. The van der Waals surface area contributed by atoms with Crippen LogP contribution in [-0.4, -0.2) is 16.0 Å². The number of aromatic nitrogens is 2. The summed E-state index contributed by atoms with van der Waals surface area (Å²) in [5.41, 5.74) is 4.14. The Morgan fingerprint density at radius 2 is 2.00 bits per heavy atom. The van der Waals surface area contributed by atoms with Gasteiger partial charge in [0.2, 0.25) is 0 Å². The number of benzene rings is 1. The molecule has 2 aromatic heterocycles. The zero-order chi connectivity index (χ0) is 17.4. The summed E-state index contributed by atoms with van der Waals surface area (Å²) in [5, 5.41) is 7.59. The molecular formula is C18H18BrN3O2. The first-order chi connectivity index (χ1) is 11.4. The van der Waals surface area contributed by atoms with E-state index in [1.807, 2.05) is 52.0 Å². The molecule has 1 aromatic carbocycles. The predicted octanol–water partition coefficient (Wildman–Crippen LogP) is 4.98. The second kappa shape index (κ2) is 6.36. The van der Waals surface area contributed by atoms with E-state index in [1.54, 1.807) is 0 Å². The average Bonchev–Trinajstić information content (AvgIpc) is 2.91. The lowest BCUT2D eigenvalue weighted by atomic mass is 10.0. The largest absolute Gasteiger partial charge is 0.336 e. The molecule has 0 fully saturated rings. The van der Waals surface area contributed by atoms with Crippen LogP contribution in [0.2, 0.25) is 0 Å². The quantitative estimate of drug-likeness (QED) is 0.687. The highest BCUT2D eigenvalue weighted by Crippen LogP contribution is 2.27. The second-order valence-corrected chi connectivity index (χ2v) is 7.03. The standard InChI is InChI=1S/C18H18BrN3O2/c1-9(2)14-8-13(16-11(4)22-24-18(16)21-14)17(23)20-15-7-12(19)6-5-10(15)3/h5-9H,1-4H3,(H,20,23). The number of fused-ring (bicyclic) bond motifs is 1. The number of amides is 1. The van der Waals surface area contributed by atoms with Crippen LogP contribution in [0.3, 0.4) is 0 Å². The van der Waals surface area contributed by atoms with Crippen molar-refractivity contribution in [2.45, 2.75) is 33.6 Å². The van der Waals surface area contributed by atoms with Crippen molar-refractivity contribution < 1.29 is 9.32 Å². The van der Waals surface area contributed by atoms with Gasteiger partial charge in [0.25, 0.3) is 11.6 Å². The van der Waals surface area contributed by atoms with Crippen molar-refractivity contribution in [3.8, 4) is 0 Å². The van der Waals surface area contributed by atoms with Crippen molar-refractivity contribution in [1.29, 1.82) is 0 Å². The molecule has 0 atom stereocenters. The Morgan fingerprint density at radius 1 is 1.25 bits per heavy atom. The number of aryl methyl sites for hydroxylation is 2. The van der Waals surface area contributed by atoms with Gasteiger partial charge in [-0.1, -0.05) is 41.0 Å². The van der Waals surface area contributed by atoms with Crippen LogP contribution >= 0.6 is 15.9 Å². The van der Waals surface area contributed by atoms with Crippen molar-refractivity contribution in [2.75, 3.05) is 5.32 Å². The third kappa shape index (κ3) is 3.06. The summed E-state index contributed by atoms with van der Waals surface area (Å²) >= 11 is 3.43. The number of rotatable bonds is 3. The highest BCUT2D eigenvalue weighted by Gasteiger charge is 2.20. The number of hydrogen-bond acceptors (Lipinski definition) is 4. The molecule has 0 saturated carbocycles. The molecule has 2 heterocycles. The van der Waals surface area contributed by atoms with Crippen molar-refractivity contribution in [3.05, 3.63) is 51.3 Å². The third-order valence-electron chi connectivity index (χ3n) is 3.92. The van der Waals surface area contributed by atoms with Gasteiger partial charge in [0.15, 0.2) is 0 Å². The number of carbonyl (C=O) groups excluding carboxylic acids is 1. The van der Waals surface area contributed by atoms with E-state index in [9.17, 15) is 4.79 Å². The maximum atomic E-state index is 12.9. The zero-order valence-corrected chi connectivity index (χ0v) is 15.6. The van der Waals surface area contributed by atoms with Gasteiger partial charge in [-0.2, -0.15) is 0 Å². The van der Waals surface area contributed by atoms with E-state index in [0.29, 0.717) is 22.4 Å². The van der Waals surface area contributed by atoms with Crippen LogP contribution < -0.4 is 5.32 Å². The fourth-order valence-corrected chi connectivity index (χ4v) is 2.87. The van der Waals surface area contributed by atoms with Crippen LogP contribution in [0, 0.1) is 13.8 Å². The lowest BCUT2D eigenvalue weighted by Crippen LogP contribution is -2.14. The summed E-state index contributed by atoms with van der Waals surface area (Å²) in [5.74, 6) is -0.0178. The number of anilines is 1.